The van der Waals surface area contributed by atoms with E-state index in [1.54, 1.807) is 0 Å². The predicted molar refractivity (Wildman–Crippen MR) is 80.3 cm³/mol. The molecule has 110 valence electrons. The largest absolute Gasteiger partial charge is 0.478 e. The van der Waals surface area contributed by atoms with E-state index in [2.05, 4.69) is 4.72 Å². The number of carbonyl (C=O) groups is 1. The molecule has 1 aliphatic heterocycles. The Morgan fingerprint density at radius 1 is 1.45 bits per heavy atom. The summed E-state index contributed by atoms with van der Waals surface area (Å²) in [6.45, 7) is 0.986. The van der Waals surface area contributed by atoms with Crippen molar-refractivity contribution in [1.82, 2.24) is 4.72 Å². The maximum absolute atomic E-state index is 12.2. The molecule has 1 fully saturated rings. The van der Waals surface area contributed by atoms with E-state index in [9.17, 15) is 13.2 Å². The van der Waals surface area contributed by atoms with Gasteiger partial charge in [-0.1, -0.05) is 0 Å². The predicted octanol–water partition coefficient (Wildman–Crippen LogP) is 1.45. The normalized spacial score (nSPS) is 19.8. The average Bonchev–Trinajstić information content (AvgIpc) is 2.39. The van der Waals surface area contributed by atoms with Gasteiger partial charge in [-0.05, 0) is 53.6 Å². The van der Waals surface area contributed by atoms with Gasteiger partial charge in [0.15, 0.2) is 0 Å². The summed E-state index contributed by atoms with van der Waals surface area (Å²) in [5.41, 5.74) is -0.0200. The van der Waals surface area contributed by atoms with Crippen molar-refractivity contribution in [2.24, 2.45) is 0 Å². The first kappa shape index (κ1) is 15.7. The number of rotatable bonds is 4. The number of carboxylic acid groups (broad SMARTS) is 1. The smallest absolute Gasteiger partial charge is 0.336 e. The van der Waals surface area contributed by atoms with Crippen LogP contribution in [0, 0.1) is 3.57 Å². The minimum atomic E-state index is -3.73. The van der Waals surface area contributed by atoms with E-state index in [0.717, 1.165) is 12.8 Å². The topological polar surface area (TPSA) is 92.7 Å². The first-order valence-corrected chi connectivity index (χ1v) is 8.59. The van der Waals surface area contributed by atoms with Crippen LogP contribution < -0.4 is 4.72 Å². The first-order valence-electron chi connectivity index (χ1n) is 6.03. The lowest BCUT2D eigenvalue weighted by atomic mass is 10.1. The summed E-state index contributed by atoms with van der Waals surface area (Å²) >= 11 is 1.86. The number of hydrogen-bond donors (Lipinski definition) is 2. The molecule has 2 rings (SSSR count). The molecule has 1 unspecified atom stereocenters. The van der Waals surface area contributed by atoms with E-state index < -0.39 is 16.0 Å². The Hall–Kier alpha value is -0.710. The Balaban J connectivity index is 2.24. The number of hydrogen-bond acceptors (Lipinski definition) is 4. The maximum Gasteiger partial charge on any atom is 0.336 e. The summed E-state index contributed by atoms with van der Waals surface area (Å²) in [6, 6.07) is 3.80. The van der Waals surface area contributed by atoms with Crippen molar-refractivity contribution in [3.05, 3.63) is 27.3 Å². The molecule has 0 spiro atoms. The van der Waals surface area contributed by atoms with Crippen LogP contribution in [0.25, 0.3) is 0 Å². The molecule has 0 saturated carbocycles. The van der Waals surface area contributed by atoms with Crippen LogP contribution in [0.4, 0.5) is 0 Å². The van der Waals surface area contributed by atoms with Crippen molar-refractivity contribution in [3.63, 3.8) is 0 Å². The molecule has 1 aliphatic rings. The van der Waals surface area contributed by atoms with Gasteiger partial charge in [0.05, 0.1) is 17.1 Å². The molecule has 0 aromatic heterocycles. The Labute approximate surface area is 130 Å². The molecule has 0 radical (unpaired) electrons. The summed E-state index contributed by atoms with van der Waals surface area (Å²) in [7, 11) is -3.73. The minimum absolute atomic E-state index is 0.0200. The number of sulfonamides is 1. The van der Waals surface area contributed by atoms with Gasteiger partial charge in [-0.25, -0.2) is 17.9 Å². The Morgan fingerprint density at radius 2 is 2.20 bits per heavy atom. The molecule has 0 bridgehead atoms. The number of carboxylic acids is 1. The van der Waals surface area contributed by atoms with Crippen LogP contribution in [-0.2, 0) is 14.8 Å². The van der Waals surface area contributed by atoms with Crippen LogP contribution in [0.5, 0.6) is 0 Å². The van der Waals surface area contributed by atoms with Crippen LogP contribution in [-0.4, -0.2) is 38.7 Å². The Bertz CT molecular complexity index is 610. The van der Waals surface area contributed by atoms with Crippen molar-refractivity contribution in [2.45, 2.75) is 23.8 Å². The van der Waals surface area contributed by atoms with Gasteiger partial charge in [-0.15, -0.1) is 0 Å². The van der Waals surface area contributed by atoms with Gasteiger partial charge in [0.2, 0.25) is 10.0 Å². The highest BCUT2D eigenvalue weighted by atomic mass is 127. The van der Waals surface area contributed by atoms with Gasteiger partial charge in [0, 0.05) is 16.2 Å². The monoisotopic (exact) mass is 411 g/mol. The maximum atomic E-state index is 12.2. The van der Waals surface area contributed by atoms with Gasteiger partial charge in [0.25, 0.3) is 0 Å². The third kappa shape index (κ3) is 3.68. The van der Waals surface area contributed by atoms with Gasteiger partial charge >= 0.3 is 5.97 Å². The zero-order valence-corrected chi connectivity index (χ0v) is 13.5. The fourth-order valence-electron chi connectivity index (χ4n) is 1.96. The molecular weight excluding hydrogens is 397 g/mol. The number of benzene rings is 1. The van der Waals surface area contributed by atoms with E-state index in [-0.39, 0.29) is 16.5 Å². The van der Waals surface area contributed by atoms with Gasteiger partial charge in [0.1, 0.15) is 0 Å². The third-order valence-corrected chi connectivity index (χ3v) is 5.42. The number of halogens is 1. The lowest BCUT2D eigenvalue weighted by Gasteiger charge is -2.23. The number of nitrogens with one attached hydrogen (secondary N) is 1. The molecule has 6 nitrogen and oxygen atoms in total. The third-order valence-electron chi connectivity index (χ3n) is 2.96. The summed E-state index contributed by atoms with van der Waals surface area (Å²) in [4.78, 5) is 11.0. The molecular formula is C12H14INO5S. The van der Waals surface area contributed by atoms with Gasteiger partial charge in [-0.2, -0.15) is 0 Å². The highest BCUT2D eigenvalue weighted by Gasteiger charge is 2.23. The first-order chi connectivity index (χ1) is 9.40. The summed E-state index contributed by atoms with van der Waals surface area (Å²) in [6.07, 6.45) is 1.52. The highest BCUT2D eigenvalue weighted by molar-refractivity contribution is 14.1. The zero-order valence-electron chi connectivity index (χ0n) is 10.5. The highest BCUT2D eigenvalue weighted by Crippen LogP contribution is 2.19. The Kier molecular flexibility index (Phi) is 4.99. The number of aromatic carboxylic acids is 1. The standard InChI is InChI=1S/C12H14INO5S/c13-11-4-3-9(6-10(11)12(15)16)20(17,18)14-8-2-1-5-19-7-8/h3-4,6,8,14H,1-2,5,7H2,(H,15,16). The lowest BCUT2D eigenvalue weighted by Crippen LogP contribution is -2.40. The van der Waals surface area contributed by atoms with E-state index in [4.69, 9.17) is 9.84 Å². The van der Waals surface area contributed by atoms with Crippen LogP contribution in [0.2, 0.25) is 0 Å². The second kappa shape index (κ2) is 6.37. The van der Waals surface area contributed by atoms with Crippen molar-refractivity contribution in [2.75, 3.05) is 13.2 Å². The molecule has 1 aromatic carbocycles. The van der Waals surface area contributed by atoms with Crippen molar-refractivity contribution < 1.29 is 23.1 Å². The molecule has 20 heavy (non-hydrogen) atoms. The molecule has 8 heteroatoms. The SMILES string of the molecule is O=C(O)c1cc(S(=O)(=O)NC2CCCOC2)ccc1I. The lowest BCUT2D eigenvalue weighted by molar-refractivity contribution is 0.0695. The van der Waals surface area contributed by atoms with Crippen molar-refractivity contribution in [3.8, 4) is 0 Å². The van der Waals surface area contributed by atoms with Crippen LogP contribution in [0.15, 0.2) is 23.1 Å². The molecule has 1 saturated heterocycles. The second-order valence-corrected chi connectivity index (χ2v) is 7.36. The van der Waals surface area contributed by atoms with E-state index in [1.165, 1.54) is 18.2 Å². The summed E-state index contributed by atoms with van der Waals surface area (Å²) in [5.74, 6) is -1.15. The van der Waals surface area contributed by atoms with E-state index in [0.29, 0.717) is 16.8 Å². The molecule has 2 N–H and O–H groups in total. The average molecular weight is 411 g/mol. The van der Waals surface area contributed by atoms with Gasteiger partial charge in [-0.3, -0.25) is 0 Å². The van der Waals surface area contributed by atoms with E-state index in [1.807, 2.05) is 22.6 Å². The van der Waals surface area contributed by atoms with Crippen molar-refractivity contribution >= 4 is 38.6 Å². The Morgan fingerprint density at radius 3 is 2.80 bits per heavy atom. The van der Waals surface area contributed by atoms with Crippen molar-refractivity contribution in [1.29, 1.82) is 0 Å². The second-order valence-electron chi connectivity index (χ2n) is 4.48. The zero-order chi connectivity index (χ0) is 14.8. The molecule has 0 amide bonds. The fourth-order valence-corrected chi connectivity index (χ4v) is 3.80. The number of ether oxygens (including phenoxy) is 1. The van der Waals surface area contributed by atoms with Gasteiger partial charge < -0.3 is 9.84 Å². The van der Waals surface area contributed by atoms with Crippen LogP contribution >= 0.6 is 22.6 Å². The molecule has 1 aromatic rings. The summed E-state index contributed by atoms with van der Waals surface area (Å²) in [5, 5.41) is 9.04. The van der Waals surface area contributed by atoms with Crippen LogP contribution in [0.1, 0.15) is 23.2 Å². The van der Waals surface area contributed by atoms with Crippen LogP contribution in [0.3, 0.4) is 0 Å². The molecule has 1 heterocycles. The quantitative estimate of drug-likeness (QED) is 0.732. The minimum Gasteiger partial charge on any atom is -0.478 e. The molecule has 0 aliphatic carbocycles. The fraction of sp³-hybridized carbons (Fsp3) is 0.417. The summed E-state index contributed by atoms with van der Waals surface area (Å²) < 4.78 is 32.7. The molecule has 1 atom stereocenters. The van der Waals surface area contributed by atoms with E-state index >= 15 is 0 Å².